The fourth-order valence-corrected chi connectivity index (χ4v) is 1.65. The van der Waals surface area contributed by atoms with E-state index in [9.17, 15) is 0 Å². The summed E-state index contributed by atoms with van der Waals surface area (Å²) < 4.78 is 5.13. The van der Waals surface area contributed by atoms with Gasteiger partial charge in [-0.25, -0.2) is 0 Å². The maximum Gasteiger partial charge on any atom is 0.0542 e. The predicted octanol–water partition coefficient (Wildman–Crippen LogP) is 1.15. The third-order valence-corrected chi connectivity index (χ3v) is 1.78. The molecule has 1 saturated heterocycles. The minimum absolute atomic E-state index is 0.0431. The van der Waals surface area contributed by atoms with Crippen molar-refractivity contribution in [1.82, 2.24) is 0 Å². The summed E-state index contributed by atoms with van der Waals surface area (Å²) in [6.07, 6.45) is 1.06. The molecule has 0 spiro atoms. The summed E-state index contributed by atoms with van der Waals surface area (Å²) in [5, 5.41) is 0. The average Bonchev–Trinajstić information content (AvgIpc) is 1.57. The second kappa shape index (κ2) is 2.21. The van der Waals surface area contributed by atoms with Crippen LogP contribution in [0.25, 0.3) is 0 Å². The van der Waals surface area contributed by atoms with E-state index in [0.717, 1.165) is 19.6 Å². The lowest BCUT2D eigenvalue weighted by molar-refractivity contribution is -0.113. The molecule has 0 unspecified atom stereocenters. The van der Waals surface area contributed by atoms with Crippen molar-refractivity contribution in [2.45, 2.75) is 32.7 Å². The van der Waals surface area contributed by atoms with Crippen molar-refractivity contribution in [3.05, 3.63) is 0 Å². The van der Waals surface area contributed by atoms with Gasteiger partial charge in [0.05, 0.1) is 13.2 Å². The Balaban J connectivity index is 2.37. The summed E-state index contributed by atoms with van der Waals surface area (Å²) in [5.74, 6) is 0. The Bertz CT molecular complexity index is 122. The van der Waals surface area contributed by atoms with Gasteiger partial charge in [-0.2, -0.15) is 0 Å². The largest absolute Gasteiger partial charge is 0.380 e. The fourth-order valence-electron chi connectivity index (χ4n) is 1.65. The third-order valence-electron chi connectivity index (χ3n) is 1.78. The molecule has 0 aromatic heterocycles. The SMILES string of the molecule is CC(C)(N)CC1(C)COC1. The van der Waals surface area contributed by atoms with Gasteiger partial charge in [0.15, 0.2) is 0 Å². The van der Waals surface area contributed by atoms with Crippen LogP contribution in [0.15, 0.2) is 0 Å². The van der Waals surface area contributed by atoms with Crippen LogP contribution in [0.2, 0.25) is 0 Å². The molecule has 0 amide bonds. The molecule has 2 heteroatoms. The van der Waals surface area contributed by atoms with E-state index in [2.05, 4.69) is 20.8 Å². The van der Waals surface area contributed by atoms with Crippen molar-refractivity contribution >= 4 is 0 Å². The van der Waals surface area contributed by atoms with Gasteiger partial charge in [0.25, 0.3) is 0 Å². The first-order chi connectivity index (χ1) is 4.41. The highest BCUT2D eigenvalue weighted by atomic mass is 16.5. The topological polar surface area (TPSA) is 35.2 Å². The number of hydrogen-bond acceptors (Lipinski definition) is 2. The van der Waals surface area contributed by atoms with Gasteiger partial charge >= 0.3 is 0 Å². The van der Waals surface area contributed by atoms with E-state index in [0.29, 0.717) is 5.41 Å². The maximum absolute atomic E-state index is 5.88. The van der Waals surface area contributed by atoms with Gasteiger partial charge in [-0.05, 0) is 20.3 Å². The van der Waals surface area contributed by atoms with Gasteiger partial charge in [0, 0.05) is 11.0 Å². The zero-order chi connectivity index (χ0) is 7.83. The van der Waals surface area contributed by atoms with Crippen LogP contribution in [0.5, 0.6) is 0 Å². The number of nitrogens with two attached hydrogens (primary N) is 1. The lowest BCUT2D eigenvalue weighted by Crippen LogP contribution is -2.48. The summed E-state index contributed by atoms with van der Waals surface area (Å²) in [6, 6.07) is 0. The summed E-state index contributed by atoms with van der Waals surface area (Å²) >= 11 is 0. The van der Waals surface area contributed by atoms with Crippen molar-refractivity contribution < 1.29 is 4.74 Å². The van der Waals surface area contributed by atoms with E-state index in [-0.39, 0.29) is 5.54 Å². The van der Waals surface area contributed by atoms with E-state index >= 15 is 0 Å². The highest BCUT2D eigenvalue weighted by Gasteiger charge is 2.36. The lowest BCUT2D eigenvalue weighted by Gasteiger charge is -2.42. The first-order valence-electron chi connectivity index (χ1n) is 3.78. The molecule has 0 aromatic rings. The highest BCUT2D eigenvalue weighted by Crippen LogP contribution is 2.34. The average molecular weight is 143 g/mol. The molecule has 0 aliphatic carbocycles. The van der Waals surface area contributed by atoms with Crippen LogP contribution in [0.3, 0.4) is 0 Å². The smallest absolute Gasteiger partial charge is 0.0542 e. The van der Waals surface area contributed by atoms with Crippen molar-refractivity contribution in [3.8, 4) is 0 Å². The molecule has 1 heterocycles. The molecule has 60 valence electrons. The monoisotopic (exact) mass is 143 g/mol. The van der Waals surface area contributed by atoms with E-state index in [4.69, 9.17) is 10.5 Å². The van der Waals surface area contributed by atoms with Gasteiger partial charge in [-0.15, -0.1) is 0 Å². The molecule has 0 radical (unpaired) electrons. The highest BCUT2D eigenvalue weighted by molar-refractivity contribution is 4.88. The molecule has 1 fully saturated rings. The Morgan fingerprint density at radius 3 is 2.10 bits per heavy atom. The van der Waals surface area contributed by atoms with Crippen LogP contribution in [-0.2, 0) is 4.74 Å². The molecule has 1 aliphatic heterocycles. The number of rotatable bonds is 2. The van der Waals surface area contributed by atoms with Crippen molar-refractivity contribution in [2.75, 3.05) is 13.2 Å². The molecular weight excluding hydrogens is 126 g/mol. The van der Waals surface area contributed by atoms with E-state index in [1.54, 1.807) is 0 Å². The quantitative estimate of drug-likeness (QED) is 0.629. The molecule has 2 nitrogen and oxygen atoms in total. The summed E-state index contributed by atoms with van der Waals surface area (Å²) in [7, 11) is 0. The Hall–Kier alpha value is -0.0800. The normalized spacial score (nSPS) is 24.0. The second-order valence-corrected chi connectivity index (χ2v) is 4.47. The maximum atomic E-state index is 5.88. The second-order valence-electron chi connectivity index (χ2n) is 4.47. The van der Waals surface area contributed by atoms with Gasteiger partial charge in [-0.3, -0.25) is 0 Å². The molecule has 1 rings (SSSR count). The fraction of sp³-hybridized carbons (Fsp3) is 1.00. The molecule has 0 bridgehead atoms. The van der Waals surface area contributed by atoms with Crippen LogP contribution >= 0.6 is 0 Å². The Morgan fingerprint density at radius 1 is 1.50 bits per heavy atom. The summed E-state index contributed by atoms with van der Waals surface area (Å²) in [4.78, 5) is 0. The number of hydrogen-bond donors (Lipinski definition) is 1. The Morgan fingerprint density at radius 2 is 2.00 bits per heavy atom. The van der Waals surface area contributed by atoms with E-state index < -0.39 is 0 Å². The molecule has 0 aromatic carbocycles. The van der Waals surface area contributed by atoms with Crippen LogP contribution in [-0.4, -0.2) is 18.8 Å². The van der Waals surface area contributed by atoms with Crippen LogP contribution in [0, 0.1) is 5.41 Å². The molecule has 0 atom stereocenters. The predicted molar refractivity (Wildman–Crippen MR) is 41.8 cm³/mol. The number of ether oxygens (including phenoxy) is 1. The minimum Gasteiger partial charge on any atom is -0.380 e. The van der Waals surface area contributed by atoms with Crippen LogP contribution in [0.1, 0.15) is 27.2 Å². The molecule has 1 aliphatic rings. The van der Waals surface area contributed by atoms with Crippen LogP contribution < -0.4 is 5.73 Å². The van der Waals surface area contributed by atoms with E-state index in [1.165, 1.54) is 0 Å². The lowest BCUT2D eigenvalue weighted by atomic mass is 9.77. The Kier molecular flexibility index (Phi) is 1.77. The van der Waals surface area contributed by atoms with Gasteiger partial charge in [0.2, 0.25) is 0 Å². The molecule has 10 heavy (non-hydrogen) atoms. The first kappa shape index (κ1) is 8.02. The third kappa shape index (κ3) is 1.96. The summed E-state index contributed by atoms with van der Waals surface area (Å²) in [6.45, 7) is 8.12. The first-order valence-corrected chi connectivity index (χ1v) is 3.78. The standard InChI is InChI=1S/C8H17NO/c1-7(2,9)4-8(3)5-10-6-8/h4-6,9H2,1-3H3. The zero-order valence-corrected chi connectivity index (χ0v) is 7.11. The van der Waals surface area contributed by atoms with Crippen molar-refractivity contribution in [1.29, 1.82) is 0 Å². The minimum atomic E-state index is -0.0431. The van der Waals surface area contributed by atoms with Gasteiger partial charge in [0.1, 0.15) is 0 Å². The molecule has 2 N–H and O–H groups in total. The Labute approximate surface area is 62.7 Å². The van der Waals surface area contributed by atoms with Crippen molar-refractivity contribution in [2.24, 2.45) is 11.1 Å². The van der Waals surface area contributed by atoms with Gasteiger partial charge < -0.3 is 10.5 Å². The van der Waals surface area contributed by atoms with Gasteiger partial charge in [-0.1, -0.05) is 6.92 Å². The zero-order valence-electron chi connectivity index (χ0n) is 7.11. The molecule has 0 saturated carbocycles. The summed E-state index contributed by atoms with van der Waals surface area (Å²) in [5.41, 5.74) is 6.19. The van der Waals surface area contributed by atoms with Crippen molar-refractivity contribution in [3.63, 3.8) is 0 Å². The van der Waals surface area contributed by atoms with Crippen LogP contribution in [0.4, 0.5) is 0 Å². The molecular formula is C8H17NO. The van der Waals surface area contributed by atoms with E-state index in [1.807, 2.05) is 0 Å².